The van der Waals surface area contributed by atoms with Gasteiger partial charge in [0.15, 0.2) is 5.69 Å². The van der Waals surface area contributed by atoms with Gasteiger partial charge in [0.2, 0.25) is 5.91 Å². The highest BCUT2D eigenvalue weighted by molar-refractivity contribution is 5.90. The average molecular weight is 351 g/mol. The summed E-state index contributed by atoms with van der Waals surface area (Å²) in [5.41, 5.74) is -2.19. The number of benzene rings is 1. The number of aryl methyl sites for hydroxylation is 1. The van der Waals surface area contributed by atoms with E-state index in [4.69, 9.17) is 0 Å². The maximum Gasteiger partial charge on any atom is 0.435 e. The molecule has 0 saturated heterocycles. The van der Waals surface area contributed by atoms with Gasteiger partial charge in [-0.2, -0.15) is 31.4 Å². The molecule has 0 radical (unpaired) electrons. The second kappa shape index (κ2) is 6.17. The number of aromatic nitrogens is 2. The van der Waals surface area contributed by atoms with E-state index < -0.39 is 36.1 Å². The van der Waals surface area contributed by atoms with E-state index in [0.717, 1.165) is 16.9 Å². The molecule has 0 spiro atoms. The quantitative estimate of drug-likeness (QED) is 0.854. The van der Waals surface area contributed by atoms with E-state index in [2.05, 4.69) is 10.4 Å². The standard InChI is InChI=1S/C14H11F6N3O/c1-8-2-3-9(6-10(8)13(15,16)17)21-12(24)7-23-5-4-11(22-23)14(18,19)20/h2-6H,7H2,1H3,(H,21,24). The molecule has 0 aliphatic heterocycles. The monoisotopic (exact) mass is 351 g/mol. The van der Waals surface area contributed by atoms with Gasteiger partial charge in [-0.25, -0.2) is 0 Å². The van der Waals surface area contributed by atoms with Crippen molar-refractivity contribution < 1.29 is 31.1 Å². The molecule has 0 aliphatic rings. The van der Waals surface area contributed by atoms with Gasteiger partial charge < -0.3 is 5.32 Å². The lowest BCUT2D eigenvalue weighted by Crippen LogP contribution is -2.20. The van der Waals surface area contributed by atoms with Crippen molar-refractivity contribution in [2.45, 2.75) is 25.8 Å². The number of amides is 1. The zero-order chi connectivity index (χ0) is 18.1. The minimum atomic E-state index is -4.64. The van der Waals surface area contributed by atoms with Gasteiger partial charge in [-0.3, -0.25) is 9.48 Å². The maximum absolute atomic E-state index is 12.8. The molecule has 1 aromatic heterocycles. The summed E-state index contributed by atoms with van der Waals surface area (Å²) in [6, 6.07) is 3.92. The molecule has 0 saturated carbocycles. The summed E-state index contributed by atoms with van der Waals surface area (Å²) in [4.78, 5) is 11.8. The van der Waals surface area contributed by atoms with Crippen LogP contribution >= 0.6 is 0 Å². The van der Waals surface area contributed by atoms with E-state index >= 15 is 0 Å². The number of nitrogens with one attached hydrogen (secondary N) is 1. The minimum absolute atomic E-state index is 0.0117. The van der Waals surface area contributed by atoms with Crippen molar-refractivity contribution in [2.24, 2.45) is 0 Å². The smallest absolute Gasteiger partial charge is 0.324 e. The van der Waals surface area contributed by atoms with Crippen molar-refractivity contribution in [1.82, 2.24) is 9.78 Å². The number of anilines is 1. The van der Waals surface area contributed by atoms with Crippen molar-refractivity contribution in [1.29, 1.82) is 0 Å². The van der Waals surface area contributed by atoms with Crippen LogP contribution in [-0.2, 0) is 23.7 Å². The molecule has 4 nitrogen and oxygen atoms in total. The molecule has 1 N–H and O–H groups in total. The van der Waals surface area contributed by atoms with Crippen LogP contribution in [0.2, 0.25) is 0 Å². The lowest BCUT2D eigenvalue weighted by Gasteiger charge is -2.12. The number of hydrogen-bond acceptors (Lipinski definition) is 2. The Morgan fingerprint density at radius 2 is 1.79 bits per heavy atom. The van der Waals surface area contributed by atoms with E-state index in [0.29, 0.717) is 6.07 Å². The molecule has 0 bridgehead atoms. The molecule has 1 aromatic carbocycles. The summed E-state index contributed by atoms with van der Waals surface area (Å²) in [7, 11) is 0. The molecule has 1 heterocycles. The van der Waals surface area contributed by atoms with Crippen LogP contribution in [0.5, 0.6) is 0 Å². The third-order valence-corrected chi connectivity index (χ3v) is 3.06. The third-order valence-electron chi connectivity index (χ3n) is 3.06. The van der Waals surface area contributed by atoms with Crippen molar-refractivity contribution in [3.05, 3.63) is 47.3 Å². The Bertz CT molecular complexity index is 748. The highest BCUT2D eigenvalue weighted by atomic mass is 19.4. The Kier molecular flexibility index (Phi) is 4.59. The van der Waals surface area contributed by atoms with Gasteiger partial charge in [-0.1, -0.05) is 6.07 Å². The van der Waals surface area contributed by atoms with Gasteiger partial charge in [0.25, 0.3) is 0 Å². The molecule has 0 atom stereocenters. The van der Waals surface area contributed by atoms with Crippen molar-refractivity contribution >= 4 is 11.6 Å². The van der Waals surface area contributed by atoms with Crippen LogP contribution in [0.25, 0.3) is 0 Å². The number of carbonyl (C=O) groups is 1. The molecular formula is C14H11F6N3O. The molecule has 0 fully saturated rings. The molecule has 2 aromatic rings. The van der Waals surface area contributed by atoms with Gasteiger partial charge >= 0.3 is 12.4 Å². The van der Waals surface area contributed by atoms with E-state index in [1.54, 1.807) is 0 Å². The van der Waals surface area contributed by atoms with E-state index in [1.807, 2.05) is 0 Å². The maximum atomic E-state index is 12.8. The van der Waals surface area contributed by atoms with Crippen LogP contribution < -0.4 is 5.32 Å². The SMILES string of the molecule is Cc1ccc(NC(=O)Cn2ccc(C(F)(F)F)n2)cc1C(F)(F)F. The number of carbonyl (C=O) groups excluding carboxylic acids is 1. The Morgan fingerprint density at radius 1 is 1.12 bits per heavy atom. The predicted octanol–water partition coefficient (Wildman–Crippen LogP) is 3.87. The van der Waals surface area contributed by atoms with Crippen molar-refractivity contribution in [3.8, 4) is 0 Å². The fourth-order valence-corrected chi connectivity index (χ4v) is 1.95. The number of halogens is 6. The number of alkyl halides is 6. The van der Waals surface area contributed by atoms with Gasteiger partial charge in [-0.15, -0.1) is 0 Å². The van der Waals surface area contributed by atoms with Crippen LogP contribution in [0.15, 0.2) is 30.5 Å². The first-order valence-corrected chi connectivity index (χ1v) is 6.55. The lowest BCUT2D eigenvalue weighted by molar-refractivity contribution is -0.141. The van der Waals surface area contributed by atoms with Crippen LogP contribution in [0.3, 0.4) is 0 Å². The van der Waals surface area contributed by atoms with E-state index in [-0.39, 0.29) is 11.3 Å². The fourth-order valence-electron chi connectivity index (χ4n) is 1.95. The lowest BCUT2D eigenvalue weighted by atomic mass is 10.1. The number of nitrogens with zero attached hydrogens (tertiary/aromatic N) is 2. The summed E-state index contributed by atoms with van der Waals surface area (Å²) in [6.07, 6.45) is -8.26. The molecule has 0 unspecified atom stereocenters. The summed E-state index contributed by atoms with van der Waals surface area (Å²) < 4.78 is 76.3. The summed E-state index contributed by atoms with van der Waals surface area (Å²) in [6.45, 7) is 0.710. The van der Waals surface area contributed by atoms with Crippen LogP contribution in [0.1, 0.15) is 16.8 Å². The predicted molar refractivity (Wildman–Crippen MR) is 72.0 cm³/mol. The van der Waals surface area contributed by atoms with Gasteiger partial charge in [0, 0.05) is 11.9 Å². The Hall–Kier alpha value is -2.52. The minimum Gasteiger partial charge on any atom is -0.324 e. The largest absolute Gasteiger partial charge is 0.435 e. The van der Waals surface area contributed by atoms with Crippen molar-refractivity contribution in [3.63, 3.8) is 0 Å². The average Bonchev–Trinajstić information content (AvgIpc) is 2.88. The molecule has 130 valence electrons. The summed E-state index contributed by atoms with van der Waals surface area (Å²) in [5, 5.41) is 5.38. The molecule has 1 amide bonds. The van der Waals surface area contributed by atoms with Crippen LogP contribution in [0, 0.1) is 6.92 Å². The van der Waals surface area contributed by atoms with Gasteiger partial charge in [0.05, 0.1) is 5.56 Å². The zero-order valence-electron chi connectivity index (χ0n) is 12.2. The van der Waals surface area contributed by atoms with E-state index in [9.17, 15) is 31.1 Å². The summed E-state index contributed by atoms with van der Waals surface area (Å²) in [5.74, 6) is -0.802. The second-order valence-corrected chi connectivity index (χ2v) is 4.97. The molecule has 24 heavy (non-hydrogen) atoms. The fraction of sp³-hybridized carbons (Fsp3) is 0.286. The highest BCUT2D eigenvalue weighted by Gasteiger charge is 2.34. The first-order valence-electron chi connectivity index (χ1n) is 6.55. The van der Waals surface area contributed by atoms with Crippen LogP contribution in [0.4, 0.5) is 32.0 Å². The molecular weight excluding hydrogens is 340 g/mol. The number of rotatable bonds is 3. The van der Waals surface area contributed by atoms with Crippen LogP contribution in [-0.4, -0.2) is 15.7 Å². The normalized spacial score (nSPS) is 12.3. The number of hydrogen-bond donors (Lipinski definition) is 1. The Balaban J connectivity index is 2.09. The molecule has 10 heteroatoms. The highest BCUT2D eigenvalue weighted by Crippen LogP contribution is 2.33. The first kappa shape index (κ1) is 17.8. The molecule has 0 aliphatic carbocycles. The Morgan fingerprint density at radius 3 is 2.33 bits per heavy atom. The third kappa shape index (κ3) is 4.27. The topological polar surface area (TPSA) is 46.9 Å². The molecule has 2 rings (SSSR count). The van der Waals surface area contributed by atoms with Gasteiger partial charge in [-0.05, 0) is 30.7 Å². The van der Waals surface area contributed by atoms with Crippen molar-refractivity contribution in [2.75, 3.05) is 5.32 Å². The zero-order valence-corrected chi connectivity index (χ0v) is 12.2. The van der Waals surface area contributed by atoms with Gasteiger partial charge in [0.1, 0.15) is 6.54 Å². The van der Waals surface area contributed by atoms with E-state index in [1.165, 1.54) is 19.1 Å². The first-order chi connectivity index (χ1) is 11.0. The second-order valence-electron chi connectivity index (χ2n) is 4.97. The summed E-state index contributed by atoms with van der Waals surface area (Å²) >= 11 is 0. The Labute approximate surface area is 132 Å².